The fourth-order valence-electron chi connectivity index (χ4n) is 2.19. The highest BCUT2D eigenvalue weighted by Gasteiger charge is 2.22. The van der Waals surface area contributed by atoms with Crippen molar-refractivity contribution in [2.24, 2.45) is 5.92 Å². The van der Waals surface area contributed by atoms with E-state index in [0.717, 1.165) is 0 Å². The van der Waals surface area contributed by atoms with Gasteiger partial charge in [-0.1, -0.05) is 19.9 Å². The first kappa shape index (κ1) is 17.3. The van der Waals surface area contributed by atoms with Gasteiger partial charge in [0, 0.05) is 18.3 Å². The first-order valence-electron chi connectivity index (χ1n) is 7.26. The number of nitrogens with two attached hydrogens (primary N) is 1. The van der Waals surface area contributed by atoms with Crippen LogP contribution in [0.15, 0.2) is 24.3 Å². The molecule has 0 radical (unpaired) electrons. The molecule has 5 nitrogen and oxygen atoms in total. The summed E-state index contributed by atoms with van der Waals surface area (Å²) in [6.07, 6.45) is 0.889. The molecule has 1 aromatic carbocycles. The van der Waals surface area contributed by atoms with Crippen molar-refractivity contribution < 1.29 is 14.6 Å². The Morgan fingerprint density at radius 2 is 2.19 bits per heavy atom. The summed E-state index contributed by atoms with van der Waals surface area (Å²) in [5.74, 6) is 0.890. The third-order valence-electron chi connectivity index (χ3n) is 2.97. The monoisotopic (exact) mass is 294 g/mol. The molecule has 1 aromatic rings. The van der Waals surface area contributed by atoms with Crippen LogP contribution >= 0.6 is 0 Å². The molecule has 5 heteroatoms. The zero-order valence-electron chi connectivity index (χ0n) is 13.1. The Morgan fingerprint density at radius 3 is 2.81 bits per heavy atom. The zero-order valence-corrected chi connectivity index (χ0v) is 13.1. The lowest BCUT2D eigenvalue weighted by atomic mass is 9.94. The first-order valence-corrected chi connectivity index (χ1v) is 7.26. The lowest BCUT2D eigenvalue weighted by Crippen LogP contribution is -2.41. The lowest BCUT2D eigenvalue weighted by molar-refractivity contribution is -0.122. The number of aliphatic hydroxyl groups is 1. The van der Waals surface area contributed by atoms with E-state index in [1.165, 1.54) is 0 Å². The van der Waals surface area contributed by atoms with Crippen LogP contribution in [0.4, 0.5) is 5.69 Å². The smallest absolute Gasteiger partial charge is 0.223 e. The first-order chi connectivity index (χ1) is 9.78. The molecule has 118 valence electrons. The molecule has 1 amide bonds. The van der Waals surface area contributed by atoms with Crippen molar-refractivity contribution in [3.05, 3.63) is 24.3 Å². The molecule has 0 spiro atoms. The van der Waals surface area contributed by atoms with E-state index in [2.05, 4.69) is 5.32 Å². The Morgan fingerprint density at radius 1 is 1.48 bits per heavy atom. The molecule has 0 saturated carbocycles. The predicted molar refractivity (Wildman–Crippen MR) is 84.1 cm³/mol. The van der Waals surface area contributed by atoms with Gasteiger partial charge in [-0.2, -0.15) is 0 Å². The zero-order chi connectivity index (χ0) is 15.9. The van der Waals surface area contributed by atoms with Crippen LogP contribution < -0.4 is 15.8 Å². The van der Waals surface area contributed by atoms with E-state index < -0.39 is 5.60 Å². The largest absolute Gasteiger partial charge is 0.493 e. The third kappa shape index (κ3) is 7.56. The van der Waals surface area contributed by atoms with Gasteiger partial charge in [0.25, 0.3) is 0 Å². The Bertz CT molecular complexity index is 459. The molecule has 0 aromatic heterocycles. The molecule has 0 aliphatic heterocycles. The van der Waals surface area contributed by atoms with E-state index >= 15 is 0 Å². The number of rotatable bonds is 8. The van der Waals surface area contributed by atoms with E-state index in [0.29, 0.717) is 23.8 Å². The number of anilines is 1. The SMILES string of the molecule is CC(C)CC(C)(O)CNC(=O)CCOc1cccc(N)c1. The average Bonchev–Trinajstić information content (AvgIpc) is 2.35. The fraction of sp³-hybridized carbons (Fsp3) is 0.562. The van der Waals surface area contributed by atoms with E-state index in [1.54, 1.807) is 31.2 Å². The second-order valence-electron chi connectivity index (χ2n) is 6.04. The van der Waals surface area contributed by atoms with Gasteiger partial charge >= 0.3 is 0 Å². The van der Waals surface area contributed by atoms with Crippen molar-refractivity contribution in [1.82, 2.24) is 5.32 Å². The summed E-state index contributed by atoms with van der Waals surface area (Å²) >= 11 is 0. The summed E-state index contributed by atoms with van der Waals surface area (Å²) in [5.41, 5.74) is 5.39. The number of hydrogen-bond acceptors (Lipinski definition) is 4. The number of nitrogens with one attached hydrogen (secondary N) is 1. The minimum Gasteiger partial charge on any atom is -0.493 e. The van der Waals surface area contributed by atoms with Crippen LogP contribution in [-0.2, 0) is 4.79 Å². The van der Waals surface area contributed by atoms with Gasteiger partial charge in [-0.15, -0.1) is 0 Å². The molecule has 0 saturated heterocycles. The molecule has 0 aliphatic rings. The summed E-state index contributed by atoms with van der Waals surface area (Å²) in [4.78, 5) is 11.7. The molecule has 21 heavy (non-hydrogen) atoms. The maximum absolute atomic E-state index is 11.7. The van der Waals surface area contributed by atoms with Crippen LogP contribution in [0.1, 0.15) is 33.6 Å². The third-order valence-corrected chi connectivity index (χ3v) is 2.97. The van der Waals surface area contributed by atoms with Gasteiger partial charge in [-0.05, 0) is 31.4 Å². The minimum absolute atomic E-state index is 0.136. The maximum Gasteiger partial charge on any atom is 0.223 e. The van der Waals surface area contributed by atoms with E-state index in [4.69, 9.17) is 10.5 Å². The molecule has 4 N–H and O–H groups in total. The average molecular weight is 294 g/mol. The topological polar surface area (TPSA) is 84.6 Å². The van der Waals surface area contributed by atoms with Crippen molar-refractivity contribution in [2.45, 2.75) is 39.2 Å². The predicted octanol–water partition coefficient (Wildman–Crippen LogP) is 1.95. The second kappa shape index (κ2) is 7.88. The van der Waals surface area contributed by atoms with E-state index in [9.17, 15) is 9.90 Å². The molecule has 0 heterocycles. The normalized spacial score (nSPS) is 13.8. The number of carbonyl (C=O) groups excluding carboxylic acids is 1. The van der Waals surface area contributed by atoms with Gasteiger partial charge in [0.05, 0.1) is 18.6 Å². The Balaban J connectivity index is 2.25. The molecule has 1 rings (SSSR count). The number of hydrogen-bond donors (Lipinski definition) is 3. The fourth-order valence-corrected chi connectivity index (χ4v) is 2.19. The molecule has 1 atom stereocenters. The van der Waals surface area contributed by atoms with E-state index in [1.807, 2.05) is 13.8 Å². The highest BCUT2D eigenvalue weighted by molar-refractivity contribution is 5.76. The molecule has 0 aliphatic carbocycles. The summed E-state index contributed by atoms with van der Waals surface area (Å²) in [7, 11) is 0. The van der Waals surface area contributed by atoms with Crippen molar-refractivity contribution in [1.29, 1.82) is 0 Å². The standard InChI is InChI=1S/C16H26N2O3/c1-12(2)10-16(3,20)11-18-15(19)7-8-21-14-6-4-5-13(17)9-14/h4-6,9,12,20H,7-8,10-11,17H2,1-3H3,(H,18,19). The van der Waals surface area contributed by atoms with Crippen molar-refractivity contribution in [2.75, 3.05) is 18.9 Å². The van der Waals surface area contributed by atoms with Crippen LogP contribution in [-0.4, -0.2) is 29.8 Å². The van der Waals surface area contributed by atoms with Crippen LogP contribution in [0.5, 0.6) is 5.75 Å². The quantitative estimate of drug-likeness (QED) is 0.640. The van der Waals surface area contributed by atoms with Gasteiger partial charge in [0.2, 0.25) is 5.91 Å². The van der Waals surface area contributed by atoms with Crippen LogP contribution in [0.2, 0.25) is 0 Å². The molecule has 0 fully saturated rings. The molecule has 1 unspecified atom stereocenters. The molecule has 0 bridgehead atoms. The van der Waals surface area contributed by atoms with Gasteiger partial charge in [0.15, 0.2) is 0 Å². The number of nitrogen functional groups attached to an aromatic ring is 1. The van der Waals surface area contributed by atoms with Crippen molar-refractivity contribution in [3.8, 4) is 5.75 Å². The Kier molecular flexibility index (Phi) is 6.49. The van der Waals surface area contributed by atoms with Gasteiger partial charge in [0.1, 0.15) is 5.75 Å². The summed E-state index contributed by atoms with van der Waals surface area (Å²) in [6, 6.07) is 7.08. The number of carbonyl (C=O) groups is 1. The van der Waals surface area contributed by atoms with Crippen LogP contribution in [0, 0.1) is 5.92 Å². The van der Waals surface area contributed by atoms with Crippen molar-refractivity contribution >= 4 is 11.6 Å². The second-order valence-corrected chi connectivity index (χ2v) is 6.04. The summed E-state index contributed by atoms with van der Waals surface area (Å²) < 4.78 is 5.45. The van der Waals surface area contributed by atoms with Crippen LogP contribution in [0.25, 0.3) is 0 Å². The van der Waals surface area contributed by atoms with Crippen LogP contribution in [0.3, 0.4) is 0 Å². The minimum atomic E-state index is -0.876. The van der Waals surface area contributed by atoms with Gasteiger partial charge < -0.3 is 20.9 Å². The lowest BCUT2D eigenvalue weighted by Gasteiger charge is -2.25. The Hall–Kier alpha value is -1.75. The van der Waals surface area contributed by atoms with Gasteiger partial charge in [-0.3, -0.25) is 4.79 Å². The summed E-state index contributed by atoms with van der Waals surface area (Å²) in [5, 5.41) is 12.8. The number of benzene rings is 1. The van der Waals surface area contributed by atoms with E-state index in [-0.39, 0.29) is 25.5 Å². The van der Waals surface area contributed by atoms with Gasteiger partial charge in [-0.25, -0.2) is 0 Å². The highest BCUT2D eigenvalue weighted by atomic mass is 16.5. The molecular formula is C16H26N2O3. The highest BCUT2D eigenvalue weighted by Crippen LogP contribution is 2.16. The molecular weight excluding hydrogens is 268 g/mol. The maximum atomic E-state index is 11.7. The Labute approximate surface area is 126 Å². The summed E-state index contributed by atoms with van der Waals surface area (Å²) in [6.45, 7) is 6.34. The number of amides is 1. The number of ether oxygens (including phenoxy) is 1. The van der Waals surface area contributed by atoms with Crippen molar-refractivity contribution in [3.63, 3.8) is 0 Å².